The normalized spacial score (nSPS) is 22.5. The Bertz CT molecular complexity index is 928. The molecule has 0 aromatic heterocycles. The summed E-state index contributed by atoms with van der Waals surface area (Å²) < 4.78 is 16.8. The largest absolute Gasteiger partial charge is 0.493 e. The Kier molecular flexibility index (Phi) is 6.87. The number of ketones is 1. The number of nitrogens with zero attached hydrogens (tertiary/aromatic N) is 1. The molecule has 1 unspecified atom stereocenters. The van der Waals surface area contributed by atoms with Gasteiger partial charge in [0, 0.05) is 34.9 Å². The van der Waals surface area contributed by atoms with Gasteiger partial charge in [0.2, 0.25) is 0 Å². The number of allylic oxidation sites excluding steroid dienone is 2. The van der Waals surface area contributed by atoms with Crippen molar-refractivity contribution in [3.8, 4) is 11.5 Å². The third kappa shape index (κ3) is 4.53. The second-order valence-electron chi connectivity index (χ2n) is 9.11. The molecule has 0 N–H and O–H groups in total. The molecule has 1 aromatic rings. The van der Waals surface area contributed by atoms with E-state index in [2.05, 4.69) is 13.8 Å². The van der Waals surface area contributed by atoms with E-state index in [0.29, 0.717) is 42.2 Å². The first kappa shape index (κ1) is 23.0. The third-order valence-electron chi connectivity index (χ3n) is 6.07. The molecule has 0 amide bonds. The van der Waals surface area contributed by atoms with Gasteiger partial charge in [-0.2, -0.15) is 0 Å². The highest BCUT2D eigenvalue weighted by Gasteiger charge is 2.47. The first-order valence-electron chi connectivity index (χ1n) is 10.9. The van der Waals surface area contributed by atoms with E-state index in [1.807, 2.05) is 32.0 Å². The Morgan fingerprint density at radius 2 is 1.94 bits per heavy atom. The van der Waals surface area contributed by atoms with Gasteiger partial charge in [0.15, 0.2) is 17.3 Å². The summed E-state index contributed by atoms with van der Waals surface area (Å²) in [6, 6.07) is 5.56. The minimum absolute atomic E-state index is 0.0312. The van der Waals surface area contributed by atoms with Gasteiger partial charge in [0.25, 0.3) is 0 Å². The lowest BCUT2D eigenvalue weighted by molar-refractivity contribution is -0.146. The zero-order valence-corrected chi connectivity index (χ0v) is 19.4. The van der Waals surface area contributed by atoms with Crippen LogP contribution in [-0.4, -0.2) is 38.3 Å². The average Bonchev–Trinajstić information content (AvgIpc) is 2.71. The molecule has 2 aliphatic rings. The monoisotopic (exact) mass is 427 g/mol. The number of hydrogen-bond acceptors (Lipinski definition) is 6. The summed E-state index contributed by atoms with van der Waals surface area (Å²) in [7, 11) is 3.14. The van der Waals surface area contributed by atoms with Crippen LogP contribution in [0.1, 0.15) is 64.9 Å². The van der Waals surface area contributed by atoms with Crippen LogP contribution in [0.2, 0.25) is 0 Å². The van der Waals surface area contributed by atoms with Gasteiger partial charge in [-0.05, 0) is 31.2 Å². The number of unbranched alkanes of at least 4 members (excludes halogenated alkanes) is 1. The number of carbonyl (C=O) groups is 2. The van der Waals surface area contributed by atoms with E-state index >= 15 is 0 Å². The van der Waals surface area contributed by atoms with E-state index in [0.717, 1.165) is 24.1 Å². The number of methoxy groups -OCH3 is 2. The molecular weight excluding hydrogens is 394 g/mol. The summed E-state index contributed by atoms with van der Waals surface area (Å²) >= 11 is 0. The first-order chi connectivity index (χ1) is 14.7. The quantitative estimate of drug-likeness (QED) is 0.459. The molecule has 0 bridgehead atoms. The number of aliphatic imine (C=N–C) groups is 1. The molecule has 3 rings (SSSR count). The molecule has 1 aromatic carbocycles. The second kappa shape index (κ2) is 9.25. The molecule has 0 radical (unpaired) electrons. The number of Topliss-reactive ketones (excluding diaryl/α,β-unsaturated/α-hetero) is 1. The maximum atomic E-state index is 13.4. The summed E-state index contributed by atoms with van der Waals surface area (Å²) in [5, 5.41) is 0. The molecule has 0 fully saturated rings. The third-order valence-corrected chi connectivity index (χ3v) is 6.07. The van der Waals surface area contributed by atoms with Crippen LogP contribution in [-0.2, 0) is 14.3 Å². The lowest BCUT2D eigenvalue weighted by Crippen LogP contribution is -2.39. The van der Waals surface area contributed by atoms with Crippen LogP contribution in [0, 0.1) is 11.3 Å². The van der Waals surface area contributed by atoms with Gasteiger partial charge < -0.3 is 14.2 Å². The molecule has 0 saturated carbocycles. The van der Waals surface area contributed by atoms with Gasteiger partial charge in [-0.1, -0.05) is 39.3 Å². The lowest BCUT2D eigenvalue weighted by Gasteiger charge is -2.39. The van der Waals surface area contributed by atoms with E-state index in [1.54, 1.807) is 14.2 Å². The summed E-state index contributed by atoms with van der Waals surface area (Å²) in [4.78, 5) is 31.3. The molecule has 2 atom stereocenters. The van der Waals surface area contributed by atoms with Crippen LogP contribution < -0.4 is 9.47 Å². The fourth-order valence-electron chi connectivity index (χ4n) is 4.65. The van der Waals surface area contributed by atoms with Crippen molar-refractivity contribution in [3.05, 3.63) is 35.0 Å². The minimum atomic E-state index is -0.679. The number of carbonyl (C=O) groups excluding carboxylic acids is 2. The maximum Gasteiger partial charge on any atom is 0.315 e. The Morgan fingerprint density at radius 3 is 2.58 bits per heavy atom. The Morgan fingerprint density at radius 1 is 1.19 bits per heavy atom. The molecule has 1 aliphatic carbocycles. The van der Waals surface area contributed by atoms with Gasteiger partial charge in [0.05, 0.1) is 20.8 Å². The summed E-state index contributed by atoms with van der Waals surface area (Å²) in [6.45, 7) is 8.40. The maximum absolute atomic E-state index is 13.4. The standard InChI is InChI=1S/C25H33NO5/c1-7-8-12-31-24(28)20-15(2)26-17-13-25(3,4)14-18(27)22(17)21(20)16-10-9-11-19(29-5)23(16)30-6/h9-11,20-21H,7-8,12-14H2,1-6H3/t20?,21-/m0/s1. The van der Waals surface area contributed by atoms with Gasteiger partial charge in [0.1, 0.15) is 5.92 Å². The fourth-order valence-corrected chi connectivity index (χ4v) is 4.65. The van der Waals surface area contributed by atoms with Crippen molar-refractivity contribution in [1.29, 1.82) is 0 Å². The Hall–Kier alpha value is -2.63. The molecule has 31 heavy (non-hydrogen) atoms. The van der Waals surface area contributed by atoms with E-state index in [4.69, 9.17) is 19.2 Å². The smallest absolute Gasteiger partial charge is 0.315 e. The van der Waals surface area contributed by atoms with Crippen LogP contribution in [0.4, 0.5) is 0 Å². The van der Waals surface area contributed by atoms with Crippen molar-refractivity contribution in [3.63, 3.8) is 0 Å². The second-order valence-corrected chi connectivity index (χ2v) is 9.11. The van der Waals surface area contributed by atoms with E-state index in [9.17, 15) is 9.59 Å². The van der Waals surface area contributed by atoms with Crippen molar-refractivity contribution < 1.29 is 23.8 Å². The van der Waals surface area contributed by atoms with E-state index in [-0.39, 0.29) is 17.2 Å². The zero-order chi connectivity index (χ0) is 22.8. The van der Waals surface area contributed by atoms with Crippen LogP contribution in [0.25, 0.3) is 0 Å². The summed E-state index contributed by atoms with van der Waals surface area (Å²) in [6.07, 6.45) is 2.83. The molecule has 0 saturated heterocycles. The predicted molar refractivity (Wildman–Crippen MR) is 120 cm³/mol. The number of ether oxygens (including phenoxy) is 3. The molecule has 1 aliphatic heterocycles. The predicted octanol–water partition coefficient (Wildman–Crippen LogP) is 4.86. The Balaban J connectivity index is 2.18. The summed E-state index contributed by atoms with van der Waals surface area (Å²) in [5.41, 5.74) is 2.62. The van der Waals surface area contributed by atoms with Gasteiger partial charge in [-0.3, -0.25) is 14.6 Å². The van der Waals surface area contributed by atoms with Crippen LogP contribution >= 0.6 is 0 Å². The number of para-hydroxylation sites is 1. The number of benzene rings is 1. The van der Waals surface area contributed by atoms with Crippen molar-refractivity contribution in [1.82, 2.24) is 0 Å². The highest BCUT2D eigenvalue weighted by atomic mass is 16.5. The first-order valence-corrected chi connectivity index (χ1v) is 10.9. The van der Waals surface area contributed by atoms with Crippen LogP contribution in [0.3, 0.4) is 0 Å². The number of esters is 1. The van der Waals surface area contributed by atoms with Crippen molar-refractivity contribution in [2.24, 2.45) is 16.3 Å². The molecule has 6 nitrogen and oxygen atoms in total. The highest BCUT2D eigenvalue weighted by Crippen LogP contribution is 2.50. The molecular formula is C25H33NO5. The van der Waals surface area contributed by atoms with E-state index in [1.165, 1.54) is 0 Å². The van der Waals surface area contributed by atoms with Crippen molar-refractivity contribution >= 4 is 17.5 Å². The molecule has 1 heterocycles. The number of rotatable bonds is 7. The average molecular weight is 428 g/mol. The van der Waals surface area contributed by atoms with Crippen molar-refractivity contribution in [2.75, 3.05) is 20.8 Å². The fraction of sp³-hybridized carbons (Fsp3) is 0.560. The van der Waals surface area contributed by atoms with Gasteiger partial charge >= 0.3 is 5.97 Å². The SMILES string of the molecule is CCCCOC(=O)C1C(C)=NC2=C(C(=O)CC(C)(C)C2)[C@H]1c1cccc(OC)c1OC. The van der Waals surface area contributed by atoms with Crippen molar-refractivity contribution in [2.45, 2.75) is 59.3 Å². The molecule has 168 valence electrons. The van der Waals surface area contributed by atoms with Crippen LogP contribution in [0.15, 0.2) is 34.5 Å². The lowest BCUT2D eigenvalue weighted by atomic mass is 9.66. The number of hydrogen-bond donors (Lipinski definition) is 0. The van der Waals surface area contributed by atoms with Gasteiger partial charge in [-0.25, -0.2) is 0 Å². The molecule has 6 heteroatoms. The minimum Gasteiger partial charge on any atom is -0.493 e. The van der Waals surface area contributed by atoms with Crippen LogP contribution in [0.5, 0.6) is 11.5 Å². The van der Waals surface area contributed by atoms with Gasteiger partial charge in [-0.15, -0.1) is 0 Å². The topological polar surface area (TPSA) is 74.2 Å². The zero-order valence-electron chi connectivity index (χ0n) is 19.4. The highest BCUT2D eigenvalue weighted by molar-refractivity contribution is 6.09. The Labute approximate surface area is 184 Å². The molecule has 0 spiro atoms. The van der Waals surface area contributed by atoms with E-state index < -0.39 is 11.8 Å². The summed E-state index contributed by atoms with van der Waals surface area (Å²) in [5.74, 6) is -0.431.